The molecular formula is C11H12F5N. The van der Waals surface area contributed by atoms with E-state index in [4.69, 9.17) is 5.73 Å². The molecule has 1 nitrogen and oxygen atoms in total. The summed E-state index contributed by atoms with van der Waals surface area (Å²) in [5.41, 5.74) is 5.53. The van der Waals surface area contributed by atoms with E-state index in [-0.39, 0.29) is 11.1 Å². The molecule has 0 amide bonds. The fourth-order valence-corrected chi connectivity index (χ4v) is 1.44. The highest BCUT2D eigenvalue weighted by atomic mass is 19.4. The second-order valence-corrected chi connectivity index (χ2v) is 3.88. The number of hydrogen-bond donors (Lipinski definition) is 1. The van der Waals surface area contributed by atoms with Crippen molar-refractivity contribution >= 4 is 0 Å². The standard InChI is InChI=1S/C11H12F5N/c1-6-4-7(9(13)5-8(6)12)10(17)2-3-11(14,15)16/h4-5,10H,2-3,17H2,1H3. The van der Waals surface area contributed by atoms with Gasteiger partial charge < -0.3 is 5.73 Å². The van der Waals surface area contributed by atoms with Gasteiger partial charge in [-0.2, -0.15) is 13.2 Å². The minimum absolute atomic E-state index is 0.0897. The first kappa shape index (κ1) is 13.9. The van der Waals surface area contributed by atoms with Crippen molar-refractivity contribution in [1.82, 2.24) is 0 Å². The van der Waals surface area contributed by atoms with Crippen molar-refractivity contribution in [3.05, 3.63) is 34.9 Å². The molecule has 0 saturated heterocycles. The summed E-state index contributed by atoms with van der Waals surface area (Å²) in [4.78, 5) is 0. The normalized spacial score (nSPS) is 13.8. The van der Waals surface area contributed by atoms with E-state index >= 15 is 0 Å². The van der Waals surface area contributed by atoms with E-state index in [0.29, 0.717) is 6.07 Å². The molecular weight excluding hydrogens is 241 g/mol. The average Bonchev–Trinajstić information content (AvgIpc) is 2.19. The summed E-state index contributed by atoms with van der Waals surface area (Å²) in [6.45, 7) is 1.40. The Balaban J connectivity index is 2.82. The van der Waals surface area contributed by atoms with Crippen molar-refractivity contribution in [1.29, 1.82) is 0 Å². The second-order valence-electron chi connectivity index (χ2n) is 3.88. The molecule has 1 atom stereocenters. The van der Waals surface area contributed by atoms with Gasteiger partial charge in [-0.3, -0.25) is 0 Å². The van der Waals surface area contributed by atoms with Gasteiger partial charge in [0.05, 0.1) is 0 Å². The number of halogens is 5. The van der Waals surface area contributed by atoms with E-state index in [2.05, 4.69) is 0 Å². The summed E-state index contributed by atoms with van der Waals surface area (Å²) in [7, 11) is 0. The monoisotopic (exact) mass is 253 g/mol. The number of hydrogen-bond acceptors (Lipinski definition) is 1. The fourth-order valence-electron chi connectivity index (χ4n) is 1.44. The Kier molecular flexibility index (Phi) is 4.08. The Hall–Kier alpha value is -1.17. The molecule has 96 valence electrons. The van der Waals surface area contributed by atoms with Gasteiger partial charge in [-0.05, 0) is 25.0 Å². The highest BCUT2D eigenvalue weighted by Crippen LogP contribution is 2.28. The van der Waals surface area contributed by atoms with Crippen LogP contribution in [0.25, 0.3) is 0 Å². The molecule has 1 aromatic carbocycles. The van der Waals surface area contributed by atoms with Gasteiger partial charge in [0, 0.05) is 24.1 Å². The Morgan fingerprint density at radius 3 is 2.29 bits per heavy atom. The lowest BCUT2D eigenvalue weighted by atomic mass is 10.00. The molecule has 2 N–H and O–H groups in total. The Labute approximate surface area is 95.4 Å². The lowest BCUT2D eigenvalue weighted by Gasteiger charge is -2.15. The third kappa shape index (κ3) is 3.96. The Morgan fingerprint density at radius 2 is 1.76 bits per heavy atom. The van der Waals surface area contributed by atoms with Gasteiger partial charge in [-0.25, -0.2) is 8.78 Å². The van der Waals surface area contributed by atoms with E-state index in [1.165, 1.54) is 6.92 Å². The van der Waals surface area contributed by atoms with E-state index in [9.17, 15) is 22.0 Å². The highest BCUT2D eigenvalue weighted by Gasteiger charge is 2.28. The molecule has 0 aliphatic rings. The van der Waals surface area contributed by atoms with Crippen molar-refractivity contribution in [2.45, 2.75) is 32.0 Å². The number of aryl methyl sites for hydroxylation is 1. The SMILES string of the molecule is Cc1cc(C(N)CCC(F)(F)F)c(F)cc1F. The highest BCUT2D eigenvalue weighted by molar-refractivity contribution is 5.28. The van der Waals surface area contributed by atoms with Gasteiger partial charge in [0.15, 0.2) is 0 Å². The molecule has 1 aromatic rings. The predicted molar refractivity (Wildman–Crippen MR) is 53.3 cm³/mol. The van der Waals surface area contributed by atoms with Gasteiger partial charge in [0.25, 0.3) is 0 Å². The zero-order valence-electron chi connectivity index (χ0n) is 9.11. The van der Waals surface area contributed by atoms with Gasteiger partial charge in [-0.1, -0.05) is 0 Å². The van der Waals surface area contributed by atoms with Crippen molar-refractivity contribution < 1.29 is 22.0 Å². The van der Waals surface area contributed by atoms with Crippen molar-refractivity contribution in [3.63, 3.8) is 0 Å². The van der Waals surface area contributed by atoms with Crippen molar-refractivity contribution in [2.75, 3.05) is 0 Å². The van der Waals surface area contributed by atoms with Gasteiger partial charge >= 0.3 is 6.18 Å². The first-order valence-electron chi connectivity index (χ1n) is 4.98. The quantitative estimate of drug-likeness (QED) is 0.818. The molecule has 0 heterocycles. The van der Waals surface area contributed by atoms with Crippen LogP contribution in [0.5, 0.6) is 0 Å². The molecule has 0 spiro atoms. The maximum atomic E-state index is 13.3. The molecule has 0 radical (unpaired) electrons. The van der Waals surface area contributed by atoms with Crippen LogP contribution in [0.1, 0.15) is 30.0 Å². The van der Waals surface area contributed by atoms with Crippen LogP contribution in [0.4, 0.5) is 22.0 Å². The van der Waals surface area contributed by atoms with Crippen LogP contribution in [0.15, 0.2) is 12.1 Å². The zero-order chi connectivity index (χ0) is 13.2. The van der Waals surface area contributed by atoms with Crippen LogP contribution in [-0.4, -0.2) is 6.18 Å². The van der Waals surface area contributed by atoms with E-state index in [1.807, 2.05) is 0 Å². The minimum Gasteiger partial charge on any atom is -0.324 e. The van der Waals surface area contributed by atoms with Crippen LogP contribution >= 0.6 is 0 Å². The molecule has 0 aliphatic heterocycles. The summed E-state index contributed by atoms with van der Waals surface area (Å²) >= 11 is 0. The molecule has 1 unspecified atom stereocenters. The summed E-state index contributed by atoms with van der Waals surface area (Å²) in [6, 6.07) is 0.694. The third-order valence-electron chi connectivity index (χ3n) is 2.42. The smallest absolute Gasteiger partial charge is 0.324 e. The third-order valence-corrected chi connectivity index (χ3v) is 2.42. The van der Waals surface area contributed by atoms with Crippen LogP contribution in [0.3, 0.4) is 0 Å². The van der Waals surface area contributed by atoms with Crippen LogP contribution < -0.4 is 5.73 Å². The second kappa shape index (κ2) is 5.00. The lowest BCUT2D eigenvalue weighted by Crippen LogP contribution is -2.17. The maximum Gasteiger partial charge on any atom is 0.389 e. The summed E-state index contributed by atoms with van der Waals surface area (Å²) in [5.74, 6) is -1.66. The number of rotatable bonds is 3. The lowest BCUT2D eigenvalue weighted by molar-refractivity contribution is -0.136. The Bertz CT molecular complexity index is 400. The predicted octanol–water partition coefficient (Wildman–Crippen LogP) is 3.62. The van der Waals surface area contributed by atoms with Gasteiger partial charge in [0.2, 0.25) is 0 Å². The van der Waals surface area contributed by atoms with E-state index < -0.39 is 36.7 Å². The van der Waals surface area contributed by atoms with E-state index in [1.54, 1.807) is 0 Å². The average molecular weight is 253 g/mol. The first-order chi connectivity index (χ1) is 7.70. The van der Waals surface area contributed by atoms with Crippen LogP contribution in [-0.2, 0) is 0 Å². The molecule has 1 rings (SSSR count). The topological polar surface area (TPSA) is 26.0 Å². The molecule has 0 aliphatic carbocycles. The molecule has 17 heavy (non-hydrogen) atoms. The largest absolute Gasteiger partial charge is 0.389 e. The summed E-state index contributed by atoms with van der Waals surface area (Å²) in [5, 5.41) is 0. The van der Waals surface area contributed by atoms with Crippen molar-refractivity contribution in [3.8, 4) is 0 Å². The van der Waals surface area contributed by atoms with Gasteiger partial charge in [0.1, 0.15) is 11.6 Å². The molecule has 0 bridgehead atoms. The van der Waals surface area contributed by atoms with E-state index in [0.717, 1.165) is 6.07 Å². The van der Waals surface area contributed by atoms with Crippen LogP contribution in [0.2, 0.25) is 0 Å². The minimum atomic E-state index is -4.33. The van der Waals surface area contributed by atoms with Crippen LogP contribution in [0, 0.1) is 18.6 Å². The molecule has 6 heteroatoms. The van der Waals surface area contributed by atoms with Gasteiger partial charge in [-0.15, -0.1) is 0 Å². The molecule has 0 aromatic heterocycles. The fraction of sp³-hybridized carbons (Fsp3) is 0.455. The maximum absolute atomic E-state index is 13.3. The zero-order valence-corrected chi connectivity index (χ0v) is 9.11. The first-order valence-corrected chi connectivity index (χ1v) is 4.98. The molecule has 0 saturated carbocycles. The summed E-state index contributed by atoms with van der Waals surface area (Å²) in [6.07, 6.45) is -5.85. The number of benzene rings is 1. The molecule has 0 fully saturated rings. The summed E-state index contributed by atoms with van der Waals surface area (Å²) < 4.78 is 62.1. The Morgan fingerprint density at radius 1 is 1.18 bits per heavy atom. The van der Waals surface area contributed by atoms with Crippen molar-refractivity contribution in [2.24, 2.45) is 5.73 Å². The number of nitrogens with two attached hydrogens (primary N) is 1. The number of alkyl halides is 3.